The van der Waals surface area contributed by atoms with Gasteiger partial charge in [0.1, 0.15) is 6.04 Å². The molecule has 0 fully saturated rings. The summed E-state index contributed by atoms with van der Waals surface area (Å²) >= 11 is 0. The van der Waals surface area contributed by atoms with Crippen LogP contribution in [0.5, 0.6) is 0 Å². The summed E-state index contributed by atoms with van der Waals surface area (Å²) in [6.45, 7) is 1.29. The average molecular weight is 306 g/mol. The molecule has 0 saturated heterocycles. The van der Waals surface area contributed by atoms with Crippen molar-refractivity contribution in [2.24, 2.45) is 0 Å². The van der Waals surface area contributed by atoms with Gasteiger partial charge in [0, 0.05) is 0 Å². The molecular weight excluding hydrogens is 290 g/mol. The lowest BCUT2D eigenvalue weighted by molar-refractivity contribution is -0.137. The molecule has 2 aromatic rings. The molecule has 1 atom stereocenters. The molecule has 5 nitrogen and oxygen atoms in total. The normalized spacial score (nSPS) is 13.3. The fraction of sp³-hybridized carbons (Fsp3) is 0.133. The molecular formula is C15H15NO4S. The number of carbonyl (C=O) groups is 1. The van der Waals surface area contributed by atoms with Gasteiger partial charge in [-0.3, -0.25) is 4.31 Å². The molecule has 0 spiro atoms. The van der Waals surface area contributed by atoms with Crippen molar-refractivity contribution in [2.45, 2.75) is 17.9 Å². The monoisotopic (exact) mass is 306 g/mol. The van der Waals surface area contributed by atoms with Crippen LogP contribution in [0.15, 0.2) is 65.5 Å². The lowest BCUT2D eigenvalue weighted by Crippen LogP contribution is -2.43. The van der Waals surface area contributed by atoms with E-state index in [4.69, 9.17) is 1.37 Å². The zero-order valence-corrected chi connectivity index (χ0v) is 12.1. The number of hydrogen-bond donors (Lipinski definition) is 1. The highest BCUT2D eigenvalue weighted by atomic mass is 32.2. The zero-order chi connectivity index (χ0) is 16.3. The van der Waals surface area contributed by atoms with Crippen LogP contribution in [0.2, 0.25) is 0 Å². The van der Waals surface area contributed by atoms with Gasteiger partial charge in [-0.25, -0.2) is 13.2 Å². The molecule has 2 rings (SSSR count). The van der Waals surface area contributed by atoms with E-state index in [1.54, 1.807) is 24.3 Å². The summed E-state index contributed by atoms with van der Waals surface area (Å²) in [4.78, 5) is 11.1. The second kappa shape index (κ2) is 5.97. The Hall–Kier alpha value is -2.34. The molecule has 21 heavy (non-hydrogen) atoms. The van der Waals surface area contributed by atoms with Gasteiger partial charge in [-0.05, 0) is 31.2 Å². The number of sulfonamides is 1. The summed E-state index contributed by atoms with van der Waals surface area (Å²) in [7, 11) is -4.16. The largest absolute Gasteiger partial charge is 0.480 e. The highest BCUT2D eigenvalue weighted by molar-refractivity contribution is 7.92. The van der Waals surface area contributed by atoms with Crippen molar-refractivity contribution in [3.05, 3.63) is 60.6 Å². The Morgan fingerprint density at radius 3 is 2.29 bits per heavy atom. The summed E-state index contributed by atoms with van der Waals surface area (Å²) in [6.07, 6.45) is 0. The minimum atomic E-state index is -4.16. The second-order valence-corrected chi connectivity index (χ2v) is 6.16. The van der Waals surface area contributed by atoms with Gasteiger partial charge in [0.05, 0.1) is 12.0 Å². The van der Waals surface area contributed by atoms with E-state index in [1.807, 2.05) is 0 Å². The van der Waals surface area contributed by atoms with Crippen LogP contribution in [0.25, 0.3) is 0 Å². The Balaban J connectivity index is 2.64. The van der Waals surface area contributed by atoms with E-state index >= 15 is 0 Å². The number of para-hydroxylation sites is 1. The van der Waals surface area contributed by atoms with Crippen LogP contribution < -0.4 is 4.31 Å². The van der Waals surface area contributed by atoms with Crippen LogP contribution in [0, 0.1) is 0 Å². The van der Waals surface area contributed by atoms with E-state index in [9.17, 15) is 18.3 Å². The van der Waals surface area contributed by atoms with Gasteiger partial charge in [-0.1, -0.05) is 36.4 Å². The van der Waals surface area contributed by atoms with Gasteiger partial charge >= 0.3 is 5.97 Å². The first-order valence-corrected chi connectivity index (χ1v) is 7.67. The summed E-state index contributed by atoms with van der Waals surface area (Å²) in [5, 5.41) is 9.24. The Kier molecular flexibility index (Phi) is 3.87. The van der Waals surface area contributed by atoms with Gasteiger partial charge < -0.3 is 5.11 Å². The first-order chi connectivity index (χ1) is 10.4. The van der Waals surface area contributed by atoms with Crippen LogP contribution in [-0.2, 0) is 14.8 Å². The Bertz CT molecular complexity index is 777. The first-order valence-electron chi connectivity index (χ1n) is 6.73. The standard InChI is InChI=1S/C15H15NO4S/c1-12(15(17)18)16(13-8-4-2-5-9-13)21(19,20)14-10-6-3-7-11-14/h2-12H,1H3,(H,17,18)/t12-/m0/s1/i10D. The summed E-state index contributed by atoms with van der Waals surface area (Å²) in [5.74, 6) is -1.27. The minimum absolute atomic E-state index is 0.180. The van der Waals surface area contributed by atoms with E-state index in [0.717, 1.165) is 4.31 Å². The van der Waals surface area contributed by atoms with Crippen LogP contribution in [0.4, 0.5) is 5.69 Å². The number of rotatable bonds is 5. The van der Waals surface area contributed by atoms with Gasteiger partial charge in [0.2, 0.25) is 0 Å². The molecule has 0 unspecified atom stereocenters. The molecule has 0 bridgehead atoms. The van der Waals surface area contributed by atoms with E-state index in [2.05, 4.69) is 0 Å². The maximum atomic E-state index is 12.8. The van der Waals surface area contributed by atoms with Gasteiger partial charge in [0.15, 0.2) is 0 Å². The quantitative estimate of drug-likeness (QED) is 0.920. The molecule has 0 saturated carbocycles. The highest BCUT2D eigenvalue weighted by Crippen LogP contribution is 2.25. The van der Waals surface area contributed by atoms with Crippen LogP contribution in [0.3, 0.4) is 0 Å². The zero-order valence-electron chi connectivity index (χ0n) is 12.3. The number of hydrogen-bond acceptors (Lipinski definition) is 3. The predicted molar refractivity (Wildman–Crippen MR) is 79.6 cm³/mol. The van der Waals surface area contributed by atoms with Crippen molar-refractivity contribution in [3.63, 3.8) is 0 Å². The topological polar surface area (TPSA) is 74.7 Å². The number of aliphatic carboxylic acids is 1. The molecule has 2 aromatic carbocycles. The second-order valence-electron chi connectivity index (χ2n) is 4.38. The van der Waals surface area contributed by atoms with Crippen molar-refractivity contribution in [1.29, 1.82) is 0 Å². The third kappa shape index (κ3) is 3.05. The third-order valence-corrected chi connectivity index (χ3v) is 4.79. The van der Waals surface area contributed by atoms with E-state index in [1.165, 1.54) is 37.3 Å². The number of carboxylic acid groups (broad SMARTS) is 1. The molecule has 0 amide bonds. The molecule has 0 heterocycles. The van der Waals surface area contributed by atoms with Crippen molar-refractivity contribution in [3.8, 4) is 0 Å². The molecule has 0 aromatic heterocycles. The molecule has 0 aliphatic rings. The molecule has 110 valence electrons. The van der Waals surface area contributed by atoms with Crippen LogP contribution in [0.1, 0.15) is 8.29 Å². The number of carboxylic acids is 1. The van der Waals surface area contributed by atoms with E-state index < -0.39 is 22.0 Å². The first kappa shape index (κ1) is 13.6. The van der Waals surface area contributed by atoms with Crippen LogP contribution >= 0.6 is 0 Å². The van der Waals surface area contributed by atoms with E-state index in [0.29, 0.717) is 0 Å². The number of anilines is 1. The smallest absolute Gasteiger partial charge is 0.327 e. The Labute approximate surface area is 124 Å². The third-order valence-electron chi connectivity index (χ3n) is 2.94. The van der Waals surface area contributed by atoms with Gasteiger partial charge in [-0.15, -0.1) is 0 Å². The van der Waals surface area contributed by atoms with Gasteiger partial charge in [-0.2, -0.15) is 0 Å². The highest BCUT2D eigenvalue weighted by Gasteiger charge is 2.32. The summed E-state index contributed by atoms with van der Waals surface area (Å²) in [6, 6.07) is 12.2. The van der Waals surface area contributed by atoms with Crippen molar-refractivity contribution < 1.29 is 19.7 Å². The lowest BCUT2D eigenvalue weighted by Gasteiger charge is -2.27. The molecule has 0 aliphatic heterocycles. The van der Waals surface area contributed by atoms with Gasteiger partial charge in [0.25, 0.3) is 10.0 Å². The molecule has 6 heteroatoms. The fourth-order valence-corrected chi connectivity index (χ4v) is 3.47. The average Bonchev–Trinajstić information content (AvgIpc) is 2.48. The predicted octanol–water partition coefficient (Wildman–Crippen LogP) is 2.35. The van der Waals surface area contributed by atoms with Crippen LogP contribution in [-0.4, -0.2) is 25.5 Å². The molecule has 0 radical (unpaired) electrons. The number of benzene rings is 2. The number of nitrogens with zero attached hydrogens (tertiary/aromatic N) is 1. The van der Waals surface area contributed by atoms with Crippen molar-refractivity contribution in [2.75, 3.05) is 4.31 Å². The molecule has 0 aliphatic carbocycles. The Morgan fingerprint density at radius 2 is 1.71 bits per heavy atom. The van der Waals surface area contributed by atoms with Crippen molar-refractivity contribution >= 4 is 21.7 Å². The maximum absolute atomic E-state index is 12.8. The van der Waals surface area contributed by atoms with E-state index in [-0.39, 0.29) is 16.6 Å². The Morgan fingerprint density at radius 1 is 1.14 bits per heavy atom. The fourth-order valence-electron chi connectivity index (χ4n) is 1.89. The molecule has 1 N–H and O–H groups in total. The maximum Gasteiger partial charge on any atom is 0.327 e. The minimum Gasteiger partial charge on any atom is -0.480 e. The lowest BCUT2D eigenvalue weighted by atomic mass is 10.2. The SMILES string of the molecule is [2H]c1ccccc1S(=O)(=O)N(c1ccccc1)[C@@H](C)C(=O)O. The summed E-state index contributed by atoms with van der Waals surface area (Å²) < 4.78 is 34.3. The summed E-state index contributed by atoms with van der Waals surface area (Å²) in [5.41, 5.74) is 0.237. The van der Waals surface area contributed by atoms with Crippen molar-refractivity contribution in [1.82, 2.24) is 0 Å².